The van der Waals surface area contributed by atoms with E-state index in [4.69, 9.17) is 16.7 Å². The van der Waals surface area contributed by atoms with Crippen molar-refractivity contribution in [3.05, 3.63) is 46.7 Å². The molecule has 0 saturated heterocycles. The van der Waals surface area contributed by atoms with E-state index in [0.717, 1.165) is 5.69 Å². The number of carbonyl (C=O) groups excluding carboxylic acids is 1. The highest BCUT2D eigenvalue weighted by atomic mass is 35.5. The number of para-hydroxylation sites is 1. The van der Waals surface area contributed by atoms with Crippen LogP contribution in [0.1, 0.15) is 35.9 Å². The van der Waals surface area contributed by atoms with Crippen molar-refractivity contribution in [1.29, 1.82) is 0 Å². The first-order valence-electron chi connectivity index (χ1n) is 7.29. The van der Waals surface area contributed by atoms with Crippen LogP contribution < -0.4 is 5.32 Å². The van der Waals surface area contributed by atoms with Crippen LogP contribution in [0.2, 0.25) is 5.02 Å². The van der Waals surface area contributed by atoms with E-state index in [1.165, 1.54) is 0 Å². The predicted molar refractivity (Wildman–Crippen MR) is 87.1 cm³/mol. The Labute approximate surface area is 139 Å². The maximum Gasteiger partial charge on any atom is 0.326 e. The molecule has 1 heterocycles. The van der Waals surface area contributed by atoms with Gasteiger partial charge in [0.25, 0.3) is 5.91 Å². The van der Waals surface area contributed by atoms with Crippen LogP contribution in [0, 0.1) is 6.92 Å². The van der Waals surface area contributed by atoms with Gasteiger partial charge in [0.2, 0.25) is 0 Å². The standard InChI is InChI=1S/C16H18ClN3O3/c1-3-6-12(16(22)23)18-15(21)13-9-10(2)20(19-13)14-8-5-4-7-11(14)17/h4-5,7-9,12H,3,6H2,1-2H3,(H,18,21)(H,22,23). The average molecular weight is 336 g/mol. The molecule has 2 aromatic rings. The van der Waals surface area contributed by atoms with E-state index in [2.05, 4.69) is 10.4 Å². The Balaban J connectivity index is 2.25. The van der Waals surface area contributed by atoms with Crippen molar-refractivity contribution < 1.29 is 14.7 Å². The predicted octanol–water partition coefficient (Wildman–Crippen LogP) is 2.82. The molecule has 0 aliphatic heterocycles. The number of amides is 1. The highest BCUT2D eigenvalue weighted by Gasteiger charge is 2.22. The summed E-state index contributed by atoms with van der Waals surface area (Å²) in [6, 6.07) is 7.84. The van der Waals surface area contributed by atoms with Crippen LogP contribution in [-0.2, 0) is 4.79 Å². The molecule has 2 N–H and O–H groups in total. The number of benzene rings is 1. The third kappa shape index (κ3) is 3.90. The summed E-state index contributed by atoms with van der Waals surface area (Å²) in [5.74, 6) is -1.57. The van der Waals surface area contributed by atoms with Gasteiger partial charge in [-0.3, -0.25) is 4.79 Å². The third-order valence-corrected chi connectivity index (χ3v) is 3.70. The van der Waals surface area contributed by atoms with E-state index >= 15 is 0 Å². The summed E-state index contributed by atoms with van der Waals surface area (Å²) in [5, 5.41) is 16.4. The Morgan fingerprint density at radius 2 is 2.09 bits per heavy atom. The minimum atomic E-state index is -1.05. The fourth-order valence-corrected chi connectivity index (χ4v) is 2.45. The Hall–Kier alpha value is -2.34. The topological polar surface area (TPSA) is 84.2 Å². The maximum atomic E-state index is 12.2. The molecule has 7 heteroatoms. The number of hydrogen-bond acceptors (Lipinski definition) is 3. The minimum Gasteiger partial charge on any atom is -0.480 e. The fraction of sp³-hybridized carbons (Fsp3) is 0.312. The van der Waals surface area contributed by atoms with Crippen molar-refractivity contribution in [1.82, 2.24) is 15.1 Å². The van der Waals surface area contributed by atoms with Gasteiger partial charge >= 0.3 is 5.97 Å². The molecule has 0 spiro atoms. The molecule has 1 aromatic heterocycles. The molecule has 0 radical (unpaired) electrons. The first kappa shape index (κ1) is 17.0. The zero-order valence-electron chi connectivity index (χ0n) is 12.9. The number of aromatic nitrogens is 2. The molecule has 122 valence electrons. The van der Waals surface area contributed by atoms with Crippen molar-refractivity contribution in [3.63, 3.8) is 0 Å². The number of carbonyl (C=O) groups is 2. The van der Waals surface area contributed by atoms with Gasteiger partial charge in [0.1, 0.15) is 6.04 Å². The number of aryl methyl sites for hydroxylation is 1. The van der Waals surface area contributed by atoms with Crippen molar-refractivity contribution in [3.8, 4) is 5.69 Å². The first-order valence-corrected chi connectivity index (χ1v) is 7.67. The van der Waals surface area contributed by atoms with E-state index in [1.807, 2.05) is 13.0 Å². The normalized spacial score (nSPS) is 12.0. The van der Waals surface area contributed by atoms with Gasteiger partial charge in [0.05, 0.1) is 10.7 Å². The van der Waals surface area contributed by atoms with Crippen LogP contribution in [0.3, 0.4) is 0 Å². The maximum absolute atomic E-state index is 12.2. The lowest BCUT2D eigenvalue weighted by molar-refractivity contribution is -0.139. The Morgan fingerprint density at radius 1 is 1.39 bits per heavy atom. The molecule has 1 unspecified atom stereocenters. The van der Waals surface area contributed by atoms with E-state index in [9.17, 15) is 9.59 Å². The Morgan fingerprint density at radius 3 is 2.70 bits per heavy atom. The number of hydrogen-bond donors (Lipinski definition) is 2. The molecule has 2 rings (SSSR count). The van der Waals surface area contributed by atoms with Gasteiger partial charge in [-0.15, -0.1) is 0 Å². The van der Waals surface area contributed by atoms with Crippen LogP contribution in [0.25, 0.3) is 5.69 Å². The average Bonchev–Trinajstić information content (AvgIpc) is 2.89. The van der Waals surface area contributed by atoms with Crippen LogP contribution in [-0.4, -0.2) is 32.8 Å². The van der Waals surface area contributed by atoms with Gasteiger partial charge in [-0.05, 0) is 31.5 Å². The Bertz CT molecular complexity index is 727. The zero-order valence-corrected chi connectivity index (χ0v) is 13.7. The molecular formula is C16H18ClN3O3. The molecule has 23 heavy (non-hydrogen) atoms. The van der Waals surface area contributed by atoms with Crippen molar-refractivity contribution >= 4 is 23.5 Å². The lowest BCUT2D eigenvalue weighted by Gasteiger charge is -2.12. The van der Waals surface area contributed by atoms with Gasteiger partial charge in [0, 0.05) is 5.69 Å². The molecule has 6 nitrogen and oxygen atoms in total. The smallest absolute Gasteiger partial charge is 0.326 e. The minimum absolute atomic E-state index is 0.157. The molecule has 1 amide bonds. The Kier molecular flexibility index (Phi) is 5.39. The molecule has 0 aliphatic rings. The fourth-order valence-electron chi connectivity index (χ4n) is 2.23. The molecular weight excluding hydrogens is 318 g/mol. The second-order valence-corrected chi connectivity index (χ2v) is 5.59. The van der Waals surface area contributed by atoms with Crippen molar-refractivity contribution in [2.45, 2.75) is 32.7 Å². The summed E-state index contributed by atoms with van der Waals surface area (Å²) in [4.78, 5) is 23.4. The number of carboxylic acids is 1. The second-order valence-electron chi connectivity index (χ2n) is 5.19. The number of nitrogens with one attached hydrogen (secondary N) is 1. The van der Waals surface area contributed by atoms with E-state index in [-0.39, 0.29) is 5.69 Å². The lowest BCUT2D eigenvalue weighted by atomic mass is 10.1. The second kappa shape index (κ2) is 7.28. The molecule has 0 saturated carbocycles. The van der Waals surface area contributed by atoms with Crippen molar-refractivity contribution in [2.75, 3.05) is 0 Å². The van der Waals surface area contributed by atoms with Crippen molar-refractivity contribution in [2.24, 2.45) is 0 Å². The van der Waals surface area contributed by atoms with Crippen LogP contribution in [0.5, 0.6) is 0 Å². The molecule has 0 fully saturated rings. The number of aliphatic carboxylic acids is 1. The number of rotatable bonds is 6. The largest absolute Gasteiger partial charge is 0.480 e. The highest BCUT2D eigenvalue weighted by Crippen LogP contribution is 2.21. The van der Waals surface area contributed by atoms with Gasteiger partial charge in [-0.1, -0.05) is 37.1 Å². The highest BCUT2D eigenvalue weighted by molar-refractivity contribution is 6.32. The summed E-state index contributed by atoms with van der Waals surface area (Å²) in [6.45, 7) is 3.66. The molecule has 1 aromatic carbocycles. The molecule has 1 atom stereocenters. The van der Waals surface area contributed by atoms with Gasteiger partial charge in [-0.25, -0.2) is 9.48 Å². The van der Waals surface area contributed by atoms with Crippen LogP contribution >= 0.6 is 11.6 Å². The summed E-state index contributed by atoms with van der Waals surface area (Å²) in [7, 11) is 0. The lowest BCUT2D eigenvalue weighted by Crippen LogP contribution is -2.40. The third-order valence-electron chi connectivity index (χ3n) is 3.38. The monoisotopic (exact) mass is 335 g/mol. The zero-order chi connectivity index (χ0) is 17.0. The van der Waals surface area contributed by atoms with Gasteiger partial charge < -0.3 is 10.4 Å². The van der Waals surface area contributed by atoms with Gasteiger partial charge in [0.15, 0.2) is 5.69 Å². The first-order chi connectivity index (χ1) is 10.9. The number of halogens is 1. The summed E-state index contributed by atoms with van der Waals surface area (Å²) in [6.07, 6.45) is 1.02. The summed E-state index contributed by atoms with van der Waals surface area (Å²) >= 11 is 6.15. The van der Waals surface area contributed by atoms with Crippen LogP contribution in [0.15, 0.2) is 30.3 Å². The SMILES string of the molecule is CCCC(NC(=O)c1cc(C)n(-c2ccccc2Cl)n1)C(=O)O. The number of nitrogens with zero attached hydrogens (tertiary/aromatic N) is 2. The summed E-state index contributed by atoms with van der Waals surface area (Å²) in [5.41, 5.74) is 1.55. The molecule has 0 aliphatic carbocycles. The van der Waals surface area contributed by atoms with E-state index in [1.54, 1.807) is 35.9 Å². The quantitative estimate of drug-likeness (QED) is 0.850. The van der Waals surface area contributed by atoms with E-state index < -0.39 is 17.9 Å². The number of carboxylic acid groups (broad SMARTS) is 1. The van der Waals surface area contributed by atoms with E-state index in [0.29, 0.717) is 23.6 Å². The van der Waals surface area contributed by atoms with Gasteiger partial charge in [-0.2, -0.15) is 5.10 Å². The molecule has 0 bridgehead atoms. The van der Waals surface area contributed by atoms with Crippen LogP contribution in [0.4, 0.5) is 0 Å². The summed E-state index contributed by atoms with van der Waals surface area (Å²) < 4.78 is 1.56.